The summed E-state index contributed by atoms with van der Waals surface area (Å²) in [6.07, 6.45) is 3.75. The minimum absolute atomic E-state index is 0.116. The fourth-order valence-electron chi connectivity index (χ4n) is 2.32. The molecule has 0 aliphatic carbocycles. The number of benzene rings is 1. The van der Waals surface area contributed by atoms with Gasteiger partial charge in [-0.1, -0.05) is 18.2 Å². The SMILES string of the molecule is CC(C)(C)NCc1ccccc1OCCC1CCCO1. The maximum absolute atomic E-state index is 5.94. The molecule has 1 unspecified atom stereocenters. The molecule has 1 aromatic carbocycles. The van der Waals surface area contributed by atoms with Crippen molar-refractivity contribution in [1.82, 2.24) is 5.32 Å². The zero-order valence-corrected chi connectivity index (χ0v) is 12.9. The molecule has 3 nitrogen and oxygen atoms in total. The Labute approximate surface area is 122 Å². The number of ether oxygens (including phenoxy) is 2. The summed E-state index contributed by atoms with van der Waals surface area (Å²) in [4.78, 5) is 0. The Hall–Kier alpha value is -1.06. The second-order valence-electron chi connectivity index (χ2n) is 6.48. The molecule has 0 amide bonds. The van der Waals surface area contributed by atoms with E-state index in [-0.39, 0.29) is 5.54 Å². The third-order valence-corrected chi connectivity index (χ3v) is 3.50. The molecule has 1 saturated heterocycles. The van der Waals surface area contributed by atoms with E-state index in [1.807, 2.05) is 6.07 Å². The Balaban J connectivity index is 1.83. The summed E-state index contributed by atoms with van der Waals surface area (Å²) in [7, 11) is 0. The van der Waals surface area contributed by atoms with Gasteiger partial charge in [-0.25, -0.2) is 0 Å². The van der Waals surface area contributed by atoms with E-state index in [0.717, 1.165) is 31.9 Å². The predicted octanol–water partition coefficient (Wildman–Crippen LogP) is 3.52. The van der Waals surface area contributed by atoms with Gasteiger partial charge in [0.05, 0.1) is 12.7 Å². The van der Waals surface area contributed by atoms with Gasteiger partial charge >= 0.3 is 0 Å². The monoisotopic (exact) mass is 277 g/mol. The van der Waals surface area contributed by atoms with Gasteiger partial charge in [0.2, 0.25) is 0 Å². The molecule has 3 heteroatoms. The van der Waals surface area contributed by atoms with Crippen molar-refractivity contribution in [3.63, 3.8) is 0 Å². The summed E-state index contributed by atoms with van der Waals surface area (Å²) in [5.41, 5.74) is 1.33. The van der Waals surface area contributed by atoms with E-state index in [2.05, 4.69) is 44.3 Å². The Morgan fingerprint density at radius 3 is 2.80 bits per heavy atom. The fourth-order valence-corrected chi connectivity index (χ4v) is 2.32. The zero-order chi connectivity index (χ0) is 14.4. The summed E-state index contributed by atoms with van der Waals surface area (Å²) in [6.45, 7) is 9.00. The van der Waals surface area contributed by atoms with Gasteiger partial charge in [-0.05, 0) is 39.7 Å². The van der Waals surface area contributed by atoms with Crippen LogP contribution in [0.2, 0.25) is 0 Å². The van der Waals surface area contributed by atoms with Crippen LogP contribution in [0.3, 0.4) is 0 Å². The standard InChI is InChI=1S/C17H27NO2/c1-17(2,3)18-13-14-7-4-5-9-16(14)20-12-10-15-8-6-11-19-15/h4-5,7,9,15,18H,6,8,10-13H2,1-3H3. The van der Waals surface area contributed by atoms with Crippen LogP contribution in [0.1, 0.15) is 45.6 Å². The van der Waals surface area contributed by atoms with Gasteiger partial charge in [-0.2, -0.15) is 0 Å². The van der Waals surface area contributed by atoms with Gasteiger partial charge in [0.15, 0.2) is 0 Å². The van der Waals surface area contributed by atoms with Crippen molar-refractivity contribution in [2.45, 2.75) is 58.2 Å². The largest absolute Gasteiger partial charge is 0.493 e. The maximum atomic E-state index is 5.94. The Bertz CT molecular complexity index is 406. The summed E-state index contributed by atoms with van der Waals surface area (Å²) in [6, 6.07) is 8.27. The van der Waals surface area contributed by atoms with E-state index in [1.165, 1.54) is 18.4 Å². The van der Waals surface area contributed by atoms with E-state index in [9.17, 15) is 0 Å². The fraction of sp³-hybridized carbons (Fsp3) is 0.647. The van der Waals surface area contributed by atoms with E-state index in [1.54, 1.807) is 0 Å². The topological polar surface area (TPSA) is 30.5 Å². The van der Waals surface area contributed by atoms with Crippen molar-refractivity contribution in [1.29, 1.82) is 0 Å². The minimum Gasteiger partial charge on any atom is -0.493 e. The summed E-state index contributed by atoms with van der Waals surface area (Å²) < 4.78 is 11.6. The second-order valence-corrected chi connectivity index (χ2v) is 6.48. The molecule has 0 spiro atoms. The molecule has 1 N–H and O–H groups in total. The van der Waals surface area contributed by atoms with Gasteiger partial charge in [0.1, 0.15) is 5.75 Å². The van der Waals surface area contributed by atoms with Crippen LogP contribution in [-0.2, 0) is 11.3 Å². The summed E-state index contributed by atoms with van der Waals surface area (Å²) in [5, 5.41) is 3.51. The maximum Gasteiger partial charge on any atom is 0.123 e. The van der Waals surface area contributed by atoms with Crippen LogP contribution in [0.25, 0.3) is 0 Å². The normalized spacial score (nSPS) is 19.2. The average Bonchev–Trinajstić information content (AvgIpc) is 2.90. The van der Waals surface area contributed by atoms with Gasteiger partial charge in [-0.3, -0.25) is 0 Å². The highest BCUT2D eigenvalue weighted by Gasteiger charge is 2.15. The molecule has 0 radical (unpaired) electrons. The number of rotatable bonds is 6. The van der Waals surface area contributed by atoms with Crippen molar-refractivity contribution < 1.29 is 9.47 Å². The van der Waals surface area contributed by atoms with Crippen molar-refractivity contribution >= 4 is 0 Å². The molecular weight excluding hydrogens is 250 g/mol. The van der Waals surface area contributed by atoms with Crippen LogP contribution >= 0.6 is 0 Å². The molecule has 0 bridgehead atoms. The number of hydrogen-bond acceptors (Lipinski definition) is 3. The lowest BCUT2D eigenvalue weighted by Crippen LogP contribution is -2.35. The molecule has 1 heterocycles. The third-order valence-electron chi connectivity index (χ3n) is 3.50. The minimum atomic E-state index is 0.116. The summed E-state index contributed by atoms with van der Waals surface area (Å²) in [5.74, 6) is 0.988. The van der Waals surface area contributed by atoms with Crippen LogP contribution in [-0.4, -0.2) is 24.9 Å². The number of para-hydroxylation sites is 1. The highest BCUT2D eigenvalue weighted by Crippen LogP contribution is 2.20. The second kappa shape index (κ2) is 7.09. The molecule has 1 fully saturated rings. The lowest BCUT2D eigenvalue weighted by atomic mass is 10.1. The smallest absolute Gasteiger partial charge is 0.123 e. The van der Waals surface area contributed by atoms with Gasteiger partial charge < -0.3 is 14.8 Å². The van der Waals surface area contributed by atoms with Gasteiger partial charge in [-0.15, -0.1) is 0 Å². The molecule has 20 heavy (non-hydrogen) atoms. The quantitative estimate of drug-likeness (QED) is 0.863. The average molecular weight is 277 g/mol. The molecule has 1 atom stereocenters. The highest BCUT2D eigenvalue weighted by molar-refractivity contribution is 5.33. The van der Waals surface area contributed by atoms with E-state index >= 15 is 0 Å². The van der Waals surface area contributed by atoms with Crippen LogP contribution in [0.4, 0.5) is 0 Å². The Kier molecular flexibility index (Phi) is 5.44. The highest BCUT2D eigenvalue weighted by atomic mass is 16.5. The molecule has 2 rings (SSSR count). The molecule has 112 valence electrons. The number of hydrogen-bond donors (Lipinski definition) is 1. The van der Waals surface area contributed by atoms with Crippen LogP contribution in [0, 0.1) is 0 Å². The van der Waals surface area contributed by atoms with Crippen LogP contribution in [0.15, 0.2) is 24.3 Å². The van der Waals surface area contributed by atoms with E-state index in [0.29, 0.717) is 6.10 Å². The Morgan fingerprint density at radius 2 is 2.10 bits per heavy atom. The lowest BCUT2D eigenvalue weighted by Gasteiger charge is -2.21. The molecular formula is C17H27NO2. The molecule has 1 aliphatic rings. The van der Waals surface area contributed by atoms with E-state index in [4.69, 9.17) is 9.47 Å². The first-order chi connectivity index (χ1) is 9.54. The van der Waals surface area contributed by atoms with Crippen molar-refractivity contribution in [2.75, 3.05) is 13.2 Å². The van der Waals surface area contributed by atoms with Crippen LogP contribution < -0.4 is 10.1 Å². The summed E-state index contributed by atoms with van der Waals surface area (Å²) >= 11 is 0. The van der Waals surface area contributed by atoms with Crippen molar-refractivity contribution in [3.05, 3.63) is 29.8 Å². The Morgan fingerprint density at radius 1 is 1.30 bits per heavy atom. The molecule has 1 aliphatic heterocycles. The number of nitrogens with one attached hydrogen (secondary N) is 1. The van der Waals surface area contributed by atoms with E-state index < -0.39 is 0 Å². The van der Waals surface area contributed by atoms with Crippen molar-refractivity contribution in [3.8, 4) is 5.75 Å². The third kappa shape index (κ3) is 5.14. The zero-order valence-electron chi connectivity index (χ0n) is 12.9. The lowest BCUT2D eigenvalue weighted by molar-refractivity contribution is 0.0902. The first kappa shape index (κ1) is 15.3. The first-order valence-electron chi connectivity index (χ1n) is 7.62. The first-order valence-corrected chi connectivity index (χ1v) is 7.62. The predicted molar refractivity (Wildman–Crippen MR) is 82.1 cm³/mol. The van der Waals surface area contributed by atoms with Crippen LogP contribution in [0.5, 0.6) is 5.75 Å². The molecule has 0 aromatic heterocycles. The van der Waals surface area contributed by atoms with Crippen molar-refractivity contribution in [2.24, 2.45) is 0 Å². The van der Waals surface area contributed by atoms with Gasteiger partial charge in [0, 0.05) is 30.7 Å². The molecule has 1 aromatic rings. The van der Waals surface area contributed by atoms with Gasteiger partial charge in [0.25, 0.3) is 0 Å². The molecule has 0 saturated carbocycles.